The van der Waals surface area contributed by atoms with Gasteiger partial charge in [0.2, 0.25) is 15.9 Å². The largest absolute Gasteiger partial charge is 0.296 e. The van der Waals surface area contributed by atoms with E-state index in [4.69, 9.17) is 0 Å². The summed E-state index contributed by atoms with van der Waals surface area (Å²) in [5.74, 6) is -0.359. The third kappa shape index (κ3) is 7.12. The van der Waals surface area contributed by atoms with Crippen molar-refractivity contribution in [2.24, 2.45) is 5.92 Å². The first-order chi connectivity index (χ1) is 15.8. The van der Waals surface area contributed by atoms with Gasteiger partial charge in [0.05, 0.1) is 4.90 Å². The number of nitrogens with zero attached hydrogens (tertiary/aromatic N) is 2. The Morgan fingerprint density at radius 2 is 1.55 bits per heavy atom. The van der Waals surface area contributed by atoms with Crippen molar-refractivity contribution in [1.82, 2.24) is 20.1 Å². The van der Waals surface area contributed by atoms with Crippen LogP contribution in [0.1, 0.15) is 42.6 Å². The van der Waals surface area contributed by atoms with Crippen LogP contribution in [0.2, 0.25) is 0 Å². The third-order valence-electron chi connectivity index (χ3n) is 5.60. The van der Waals surface area contributed by atoms with Gasteiger partial charge in [0.1, 0.15) is 0 Å². The average Bonchev–Trinajstić information content (AvgIpc) is 2.82. The minimum atomic E-state index is -3.64. The summed E-state index contributed by atoms with van der Waals surface area (Å²) in [5, 5.41) is 0. The van der Waals surface area contributed by atoms with Crippen LogP contribution in [0.25, 0.3) is 0 Å². The molecule has 0 unspecified atom stereocenters. The van der Waals surface area contributed by atoms with Gasteiger partial charge >= 0.3 is 0 Å². The molecule has 1 heterocycles. The first-order valence-corrected chi connectivity index (χ1v) is 12.7. The fourth-order valence-electron chi connectivity index (χ4n) is 3.58. The van der Waals surface area contributed by atoms with E-state index in [-0.39, 0.29) is 16.4 Å². The number of carbonyl (C=O) groups excluding carboxylic acids is 2. The number of benzene rings is 2. The predicted octanol–water partition coefficient (Wildman–Crippen LogP) is 2.39. The summed E-state index contributed by atoms with van der Waals surface area (Å²) in [6.07, 6.45) is 1.06. The lowest BCUT2D eigenvalue weighted by Crippen LogP contribution is -2.48. The van der Waals surface area contributed by atoms with Gasteiger partial charge in [-0.3, -0.25) is 25.3 Å². The molecule has 1 aliphatic rings. The molecule has 178 valence electrons. The zero-order valence-electron chi connectivity index (χ0n) is 19.2. The third-order valence-corrected chi connectivity index (χ3v) is 7.51. The van der Waals surface area contributed by atoms with Crippen LogP contribution in [0, 0.1) is 5.92 Å². The van der Waals surface area contributed by atoms with Crippen molar-refractivity contribution in [1.29, 1.82) is 0 Å². The van der Waals surface area contributed by atoms with Crippen molar-refractivity contribution in [2.45, 2.75) is 38.1 Å². The first-order valence-electron chi connectivity index (χ1n) is 11.2. The molecule has 0 spiro atoms. The van der Waals surface area contributed by atoms with Crippen LogP contribution >= 0.6 is 0 Å². The summed E-state index contributed by atoms with van der Waals surface area (Å²) in [6.45, 7) is 6.99. The Bertz CT molecular complexity index is 1030. The highest BCUT2D eigenvalue weighted by molar-refractivity contribution is 7.89. The Morgan fingerprint density at radius 1 is 0.909 bits per heavy atom. The van der Waals surface area contributed by atoms with Gasteiger partial charge < -0.3 is 0 Å². The molecule has 2 aromatic rings. The normalized spacial score (nSPS) is 15.4. The monoisotopic (exact) mass is 472 g/mol. The van der Waals surface area contributed by atoms with Crippen LogP contribution in [0.4, 0.5) is 0 Å². The summed E-state index contributed by atoms with van der Waals surface area (Å²) in [7, 11) is -3.64. The highest BCUT2D eigenvalue weighted by atomic mass is 32.2. The molecule has 2 amide bonds. The lowest BCUT2D eigenvalue weighted by atomic mass is 10.1. The smallest absolute Gasteiger partial charge is 0.269 e. The number of hydrogen-bond acceptors (Lipinski definition) is 5. The molecule has 0 aliphatic carbocycles. The van der Waals surface area contributed by atoms with E-state index in [2.05, 4.69) is 27.9 Å². The van der Waals surface area contributed by atoms with E-state index in [9.17, 15) is 18.0 Å². The number of hydrogen-bond donors (Lipinski definition) is 2. The fraction of sp³-hybridized carbons (Fsp3) is 0.417. The lowest BCUT2D eigenvalue weighted by molar-refractivity contribution is -0.122. The number of amides is 2. The number of carbonyl (C=O) groups is 2. The number of piperazine rings is 1. The molecule has 0 bridgehead atoms. The van der Waals surface area contributed by atoms with E-state index in [1.165, 1.54) is 34.1 Å². The van der Waals surface area contributed by atoms with Gasteiger partial charge in [-0.25, -0.2) is 8.42 Å². The Kier molecular flexibility index (Phi) is 8.60. The minimum Gasteiger partial charge on any atom is -0.296 e. The molecule has 8 nitrogen and oxygen atoms in total. The summed E-state index contributed by atoms with van der Waals surface area (Å²) in [5.41, 5.74) is 6.23. The topological polar surface area (TPSA) is 98.8 Å². The van der Waals surface area contributed by atoms with E-state index in [0.29, 0.717) is 38.5 Å². The van der Waals surface area contributed by atoms with Gasteiger partial charge in [-0.2, -0.15) is 4.31 Å². The van der Waals surface area contributed by atoms with Crippen LogP contribution in [0.5, 0.6) is 0 Å². The Morgan fingerprint density at radius 3 is 2.15 bits per heavy atom. The lowest BCUT2D eigenvalue weighted by Gasteiger charge is -2.34. The SMILES string of the molecule is CC(C)CCC(=O)NNC(=O)c1ccc(S(=O)(=O)N2CCN(Cc3ccccc3)CC2)cc1. The quantitative estimate of drug-likeness (QED) is 0.575. The molecule has 1 saturated heterocycles. The summed E-state index contributed by atoms with van der Waals surface area (Å²) in [4.78, 5) is 26.4. The van der Waals surface area contributed by atoms with E-state index in [0.717, 1.165) is 13.0 Å². The van der Waals surface area contributed by atoms with Gasteiger partial charge in [-0.15, -0.1) is 0 Å². The first kappa shape index (κ1) is 24.9. The maximum atomic E-state index is 13.0. The van der Waals surface area contributed by atoms with Crippen molar-refractivity contribution in [3.63, 3.8) is 0 Å². The Hall–Kier alpha value is -2.75. The van der Waals surface area contributed by atoms with Crippen LogP contribution in [0.3, 0.4) is 0 Å². The second-order valence-corrected chi connectivity index (χ2v) is 10.6. The van der Waals surface area contributed by atoms with Crippen molar-refractivity contribution in [3.8, 4) is 0 Å². The average molecular weight is 473 g/mol. The Balaban J connectivity index is 1.52. The maximum Gasteiger partial charge on any atom is 0.269 e. The van der Waals surface area contributed by atoms with Gasteiger partial charge in [0.25, 0.3) is 5.91 Å². The number of rotatable bonds is 8. The Labute approximate surface area is 196 Å². The molecule has 9 heteroatoms. The van der Waals surface area contributed by atoms with E-state index in [1.807, 2.05) is 32.0 Å². The molecular weight excluding hydrogens is 440 g/mol. The summed E-state index contributed by atoms with van der Waals surface area (Å²) < 4.78 is 27.5. The molecular formula is C24H32N4O4S. The minimum absolute atomic E-state index is 0.150. The summed E-state index contributed by atoms with van der Waals surface area (Å²) in [6, 6.07) is 15.9. The van der Waals surface area contributed by atoms with Crippen LogP contribution in [0.15, 0.2) is 59.5 Å². The van der Waals surface area contributed by atoms with Crippen molar-refractivity contribution >= 4 is 21.8 Å². The molecule has 33 heavy (non-hydrogen) atoms. The highest BCUT2D eigenvalue weighted by Gasteiger charge is 2.28. The van der Waals surface area contributed by atoms with E-state index >= 15 is 0 Å². The van der Waals surface area contributed by atoms with Gasteiger partial charge in [0.15, 0.2) is 0 Å². The van der Waals surface area contributed by atoms with E-state index in [1.54, 1.807) is 0 Å². The van der Waals surface area contributed by atoms with Gasteiger partial charge in [-0.1, -0.05) is 44.2 Å². The summed E-state index contributed by atoms with van der Waals surface area (Å²) >= 11 is 0. The zero-order valence-corrected chi connectivity index (χ0v) is 20.0. The molecule has 3 rings (SSSR count). The van der Waals surface area contributed by atoms with Crippen LogP contribution in [-0.4, -0.2) is 55.6 Å². The fourth-order valence-corrected chi connectivity index (χ4v) is 5.00. The molecule has 1 fully saturated rings. The highest BCUT2D eigenvalue weighted by Crippen LogP contribution is 2.19. The molecule has 2 N–H and O–H groups in total. The number of hydrazine groups is 1. The molecule has 0 saturated carbocycles. The molecule has 0 aromatic heterocycles. The van der Waals surface area contributed by atoms with Crippen LogP contribution in [-0.2, 0) is 21.4 Å². The van der Waals surface area contributed by atoms with Crippen molar-refractivity contribution in [3.05, 3.63) is 65.7 Å². The maximum absolute atomic E-state index is 13.0. The van der Waals surface area contributed by atoms with Gasteiger partial charge in [0, 0.05) is 44.7 Å². The molecule has 0 radical (unpaired) electrons. The van der Waals surface area contributed by atoms with Crippen molar-refractivity contribution in [2.75, 3.05) is 26.2 Å². The van der Waals surface area contributed by atoms with E-state index < -0.39 is 15.9 Å². The zero-order chi connectivity index (χ0) is 23.8. The number of nitrogens with one attached hydrogen (secondary N) is 2. The second-order valence-electron chi connectivity index (χ2n) is 8.63. The van der Waals surface area contributed by atoms with Crippen molar-refractivity contribution < 1.29 is 18.0 Å². The molecule has 0 atom stereocenters. The van der Waals surface area contributed by atoms with Gasteiger partial charge in [-0.05, 0) is 42.2 Å². The molecule has 2 aromatic carbocycles. The number of sulfonamides is 1. The second kappa shape index (κ2) is 11.4. The predicted molar refractivity (Wildman–Crippen MR) is 127 cm³/mol. The van der Waals surface area contributed by atoms with Crippen LogP contribution < -0.4 is 10.9 Å². The molecule has 1 aliphatic heterocycles. The standard InChI is InChI=1S/C24H32N4O4S/c1-19(2)8-13-23(29)25-26-24(30)21-9-11-22(12-10-21)33(31,32)28-16-14-27(15-17-28)18-20-6-4-3-5-7-20/h3-7,9-12,19H,8,13-18H2,1-2H3,(H,25,29)(H,26,30).